The number of carbonyl (C=O) groups excluding carboxylic acids is 3. The molecule has 34 heavy (non-hydrogen) atoms. The van der Waals surface area contributed by atoms with Gasteiger partial charge in [0.25, 0.3) is 0 Å². The maximum Gasteiger partial charge on any atom is 0.326 e. The van der Waals surface area contributed by atoms with Crippen molar-refractivity contribution >= 4 is 35.6 Å². The number of carboxylic acids is 2. The molecule has 16 nitrogen and oxygen atoms in total. The summed E-state index contributed by atoms with van der Waals surface area (Å²) in [5.74, 6) is -5.14. The predicted octanol–water partition coefficient (Wildman–Crippen LogP) is -4.02. The SMILES string of the molecule is NC(N)=NCCCC(NC(=O)CNC(=O)C(Cc1cnc[nH]1)NC(=O)C(N)CC(=O)O)C(=O)O. The Morgan fingerprint density at radius 2 is 1.79 bits per heavy atom. The highest BCUT2D eigenvalue weighted by Crippen LogP contribution is 2.01. The molecule has 0 aliphatic rings. The molecule has 16 heteroatoms. The smallest absolute Gasteiger partial charge is 0.326 e. The fourth-order valence-corrected chi connectivity index (χ4v) is 2.68. The van der Waals surface area contributed by atoms with Crippen LogP contribution in [0.15, 0.2) is 17.5 Å². The number of nitrogens with one attached hydrogen (secondary N) is 4. The Kier molecular flexibility index (Phi) is 11.5. The summed E-state index contributed by atoms with van der Waals surface area (Å²) in [6, 6.07) is -3.84. The van der Waals surface area contributed by atoms with E-state index in [0.29, 0.717) is 5.69 Å². The van der Waals surface area contributed by atoms with Crippen LogP contribution in [0.1, 0.15) is 25.0 Å². The number of aliphatic imine (C=N–C) groups is 1. The highest BCUT2D eigenvalue weighted by molar-refractivity contribution is 5.93. The van der Waals surface area contributed by atoms with Gasteiger partial charge < -0.3 is 48.3 Å². The standard InChI is InChI=1S/C18H29N9O7/c19-10(5-14(29)30)15(31)27-12(4-9-6-22-8-25-9)16(32)24-7-13(28)26-11(17(33)34)2-1-3-23-18(20)21/h6,8,10-12H,1-5,7,19H2,(H,22,25)(H,24,32)(H,26,28)(H,27,31)(H,29,30)(H,33,34)(H4,20,21,23). The van der Waals surface area contributed by atoms with Crippen LogP contribution in [0.3, 0.4) is 0 Å². The zero-order valence-electron chi connectivity index (χ0n) is 18.2. The second kappa shape index (κ2) is 14.0. The normalized spacial score (nSPS) is 13.1. The molecular weight excluding hydrogens is 454 g/mol. The lowest BCUT2D eigenvalue weighted by Gasteiger charge is -2.20. The van der Waals surface area contributed by atoms with Crippen LogP contribution in [0.25, 0.3) is 0 Å². The number of nitrogens with zero attached hydrogens (tertiary/aromatic N) is 2. The van der Waals surface area contributed by atoms with Crippen molar-refractivity contribution in [2.24, 2.45) is 22.2 Å². The number of aromatic amines is 1. The third kappa shape index (κ3) is 10.9. The first-order valence-electron chi connectivity index (χ1n) is 10.1. The number of carboxylic acid groups (broad SMARTS) is 2. The number of rotatable bonds is 15. The van der Waals surface area contributed by atoms with E-state index < -0.39 is 60.8 Å². The summed E-state index contributed by atoms with van der Waals surface area (Å²) in [7, 11) is 0. The Morgan fingerprint density at radius 1 is 1.09 bits per heavy atom. The van der Waals surface area contributed by atoms with Crippen LogP contribution in [0.2, 0.25) is 0 Å². The molecular formula is C18H29N9O7. The lowest BCUT2D eigenvalue weighted by Crippen LogP contribution is -2.54. The third-order valence-electron chi connectivity index (χ3n) is 4.34. The van der Waals surface area contributed by atoms with Gasteiger partial charge in [-0.15, -0.1) is 0 Å². The molecule has 1 aromatic rings. The van der Waals surface area contributed by atoms with Gasteiger partial charge in [0.15, 0.2) is 5.96 Å². The van der Waals surface area contributed by atoms with Crippen molar-refractivity contribution in [1.82, 2.24) is 25.9 Å². The predicted molar refractivity (Wildman–Crippen MR) is 117 cm³/mol. The van der Waals surface area contributed by atoms with E-state index in [2.05, 4.69) is 30.9 Å². The van der Waals surface area contributed by atoms with Gasteiger partial charge in [-0.2, -0.15) is 0 Å². The fraction of sp³-hybridized carbons (Fsp3) is 0.500. The van der Waals surface area contributed by atoms with Crippen molar-refractivity contribution < 1.29 is 34.2 Å². The van der Waals surface area contributed by atoms with E-state index in [1.54, 1.807) is 0 Å². The van der Waals surface area contributed by atoms with Crippen LogP contribution < -0.4 is 33.2 Å². The molecule has 0 radical (unpaired) electrons. The molecule has 0 spiro atoms. The molecule has 0 aromatic carbocycles. The number of nitrogens with two attached hydrogens (primary N) is 3. The Hall–Kier alpha value is -4.21. The molecule has 1 rings (SSSR count). The van der Waals surface area contributed by atoms with Crippen molar-refractivity contribution in [3.63, 3.8) is 0 Å². The van der Waals surface area contributed by atoms with Crippen molar-refractivity contribution in [3.05, 3.63) is 18.2 Å². The summed E-state index contributed by atoms with van der Waals surface area (Å²) in [6.07, 6.45) is 2.40. The zero-order chi connectivity index (χ0) is 25.7. The van der Waals surface area contributed by atoms with Gasteiger partial charge in [-0.3, -0.25) is 24.2 Å². The van der Waals surface area contributed by atoms with Crippen molar-refractivity contribution in [3.8, 4) is 0 Å². The minimum Gasteiger partial charge on any atom is -0.481 e. The summed E-state index contributed by atoms with van der Waals surface area (Å²) in [5, 5.41) is 24.9. The van der Waals surface area contributed by atoms with E-state index in [4.69, 9.17) is 22.3 Å². The van der Waals surface area contributed by atoms with E-state index in [1.165, 1.54) is 12.5 Å². The van der Waals surface area contributed by atoms with E-state index in [1.807, 2.05) is 0 Å². The lowest BCUT2D eigenvalue weighted by atomic mass is 10.1. The summed E-state index contributed by atoms with van der Waals surface area (Å²) in [5.41, 5.74) is 16.4. The summed E-state index contributed by atoms with van der Waals surface area (Å²) < 4.78 is 0. The molecule has 3 atom stereocenters. The molecule has 0 fully saturated rings. The topological polar surface area (TPSA) is 281 Å². The van der Waals surface area contributed by atoms with Crippen LogP contribution in [0, 0.1) is 0 Å². The van der Waals surface area contributed by atoms with Crippen LogP contribution in [-0.2, 0) is 30.4 Å². The Labute approximate surface area is 193 Å². The molecule has 0 aliphatic heterocycles. The van der Waals surface area contributed by atoms with Gasteiger partial charge >= 0.3 is 11.9 Å². The van der Waals surface area contributed by atoms with Crippen LogP contribution in [-0.4, -0.2) is 87.0 Å². The highest BCUT2D eigenvalue weighted by atomic mass is 16.4. The first-order valence-corrected chi connectivity index (χ1v) is 10.1. The van der Waals surface area contributed by atoms with E-state index in [-0.39, 0.29) is 31.8 Å². The van der Waals surface area contributed by atoms with Crippen molar-refractivity contribution in [2.75, 3.05) is 13.1 Å². The average Bonchev–Trinajstić information content (AvgIpc) is 3.25. The second-order valence-electron chi connectivity index (χ2n) is 7.17. The third-order valence-corrected chi connectivity index (χ3v) is 4.34. The molecule has 1 heterocycles. The van der Waals surface area contributed by atoms with E-state index >= 15 is 0 Å². The van der Waals surface area contributed by atoms with Crippen molar-refractivity contribution in [2.45, 2.75) is 43.8 Å². The summed E-state index contributed by atoms with van der Waals surface area (Å²) in [4.78, 5) is 69.3. The lowest BCUT2D eigenvalue weighted by molar-refractivity contribution is -0.142. The van der Waals surface area contributed by atoms with Gasteiger partial charge in [-0.05, 0) is 12.8 Å². The number of carbonyl (C=O) groups is 5. The maximum atomic E-state index is 12.6. The Balaban J connectivity index is 2.69. The average molecular weight is 483 g/mol. The number of guanidine groups is 1. The molecule has 0 saturated carbocycles. The quantitative estimate of drug-likeness (QED) is 0.0657. The molecule has 0 bridgehead atoms. The Morgan fingerprint density at radius 3 is 2.35 bits per heavy atom. The molecule has 1 aromatic heterocycles. The summed E-state index contributed by atoms with van der Waals surface area (Å²) in [6.45, 7) is -0.398. The highest BCUT2D eigenvalue weighted by Gasteiger charge is 2.26. The van der Waals surface area contributed by atoms with Gasteiger partial charge in [0, 0.05) is 24.9 Å². The fourth-order valence-electron chi connectivity index (χ4n) is 2.68. The molecule has 188 valence electrons. The number of aromatic nitrogens is 2. The number of aliphatic carboxylic acids is 2. The monoisotopic (exact) mass is 483 g/mol. The number of amides is 3. The number of imidazole rings is 1. The number of hydrogen-bond donors (Lipinski definition) is 9. The van der Waals surface area contributed by atoms with Gasteiger partial charge in [0.1, 0.15) is 12.1 Å². The van der Waals surface area contributed by atoms with Gasteiger partial charge in [-0.1, -0.05) is 0 Å². The van der Waals surface area contributed by atoms with Crippen LogP contribution >= 0.6 is 0 Å². The van der Waals surface area contributed by atoms with E-state index in [0.717, 1.165) is 0 Å². The minimum atomic E-state index is -1.40. The van der Waals surface area contributed by atoms with Crippen LogP contribution in [0.4, 0.5) is 0 Å². The Bertz CT molecular complexity index is 884. The largest absolute Gasteiger partial charge is 0.481 e. The van der Waals surface area contributed by atoms with E-state index in [9.17, 15) is 29.1 Å². The number of hydrogen-bond acceptors (Lipinski definition) is 8. The van der Waals surface area contributed by atoms with Gasteiger partial charge in [0.2, 0.25) is 17.7 Å². The minimum absolute atomic E-state index is 0.0474. The number of H-pyrrole nitrogens is 1. The first kappa shape index (κ1) is 27.8. The van der Waals surface area contributed by atoms with Gasteiger partial charge in [0.05, 0.1) is 25.3 Å². The first-order chi connectivity index (χ1) is 16.0. The maximum absolute atomic E-state index is 12.6. The molecule has 0 aliphatic carbocycles. The zero-order valence-corrected chi connectivity index (χ0v) is 18.2. The second-order valence-corrected chi connectivity index (χ2v) is 7.17. The molecule has 0 saturated heterocycles. The molecule has 3 amide bonds. The van der Waals surface area contributed by atoms with Crippen LogP contribution in [0.5, 0.6) is 0 Å². The van der Waals surface area contributed by atoms with Gasteiger partial charge in [-0.25, -0.2) is 9.78 Å². The summed E-state index contributed by atoms with van der Waals surface area (Å²) >= 11 is 0. The van der Waals surface area contributed by atoms with Crippen molar-refractivity contribution in [1.29, 1.82) is 0 Å². The molecule has 12 N–H and O–H groups in total. The molecule has 3 unspecified atom stereocenters.